The molecule has 0 aliphatic carbocycles. The van der Waals surface area contributed by atoms with Crippen LogP contribution >= 0.6 is 0 Å². The maximum atomic E-state index is 12.2. The highest BCUT2D eigenvalue weighted by atomic mass is 16.3. The largest absolute Gasteiger partial charge is 0.391 e. The van der Waals surface area contributed by atoms with Crippen molar-refractivity contribution in [1.82, 2.24) is 9.88 Å². The Labute approximate surface area is 100 Å². The van der Waals surface area contributed by atoms with Crippen LogP contribution in [0.1, 0.15) is 23.7 Å². The van der Waals surface area contributed by atoms with Crippen LogP contribution in [0.3, 0.4) is 0 Å². The molecule has 0 saturated carbocycles. The Bertz CT molecular complexity index is 408. The summed E-state index contributed by atoms with van der Waals surface area (Å²) in [5.74, 6) is -0.0643. The molecule has 5 heteroatoms. The summed E-state index contributed by atoms with van der Waals surface area (Å²) in [6.45, 7) is 3.76. The zero-order chi connectivity index (χ0) is 12.3. The lowest BCUT2D eigenvalue weighted by Crippen LogP contribution is -2.30. The summed E-state index contributed by atoms with van der Waals surface area (Å²) in [7, 11) is 0. The number of nitrogens with one attached hydrogen (secondary N) is 1. The van der Waals surface area contributed by atoms with Crippen LogP contribution in [0.15, 0.2) is 18.5 Å². The molecular formula is C12H17N3O2. The number of carbonyl (C=O) groups excluding carboxylic acids is 1. The Balaban J connectivity index is 2.18. The van der Waals surface area contributed by atoms with E-state index in [0.717, 1.165) is 12.2 Å². The van der Waals surface area contributed by atoms with Gasteiger partial charge in [0.2, 0.25) is 0 Å². The third-order valence-corrected chi connectivity index (χ3v) is 2.87. The van der Waals surface area contributed by atoms with Gasteiger partial charge in [0, 0.05) is 32.0 Å². The number of aliphatic hydroxyl groups is 1. The molecule has 2 heterocycles. The third-order valence-electron chi connectivity index (χ3n) is 2.87. The van der Waals surface area contributed by atoms with Gasteiger partial charge in [-0.2, -0.15) is 0 Å². The van der Waals surface area contributed by atoms with Crippen molar-refractivity contribution in [1.29, 1.82) is 0 Å². The number of carbonyl (C=O) groups is 1. The average molecular weight is 235 g/mol. The lowest BCUT2D eigenvalue weighted by molar-refractivity contribution is 0.0765. The summed E-state index contributed by atoms with van der Waals surface area (Å²) in [6.07, 6.45) is 3.50. The summed E-state index contributed by atoms with van der Waals surface area (Å²) < 4.78 is 0. The molecule has 17 heavy (non-hydrogen) atoms. The van der Waals surface area contributed by atoms with Gasteiger partial charge in [-0.05, 0) is 19.4 Å². The number of hydrogen-bond donors (Lipinski definition) is 2. The minimum Gasteiger partial charge on any atom is -0.391 e. The molecule has 1 aromatic rings. The van der Waals surface area contributed by atoms with Gasteiger partial charge in [-0.25, -0.2) is 0 Å². The van der Waals surface area contributed by atoms with E-state index < -0.39 is 6.10 Å². The van der Waals surface area contributed by atoms with Crippen molar-refractivity contribution in [3.05, 3.63) is 24.0 Å². The average Bonchev–Trinajstić information content (AvgIpc) is 2.76. The molecule has 2 rings (SSSR count). The fourth-order valence-electron chi connectivity index (χ4n) is 2.01. The standard InChI is InChI=1S/C12H17N3O2/c1-2-14-11-3-5-13-7-10(11)12(17)15-6-4-9(16)8-15/h3,5,7,9,16H,2,4,6,8H2,1H3,(H,13,14). The maximum absolute atomic E-state index is 12.2. The van der Waals surface area contributed by atoms with Gasteiger partial charge in [-0.3, -0.25) is 9.78 Å². The van der Waals surface area contributed by atoms with Gasteiger partial charge in [0.15, 0.2) is 0 Å². The fourth-order valence-corrected chi connectivity index (χ4v) is 2.01. The number of pyridine rings is 1. The summed E-state index contributed by atoms with van der Waals surface area (Å²) in [4.78, 5) is 17.9. The maximum Gasteiger partial charge on any atom is 0.257 e. The first-order valence-electron chi connectivity index (χ1n) is 5.87. The number of rotatable bonds is 3. The zero-order valence-electron chi connectivity index (χ0n) is 9.89. The molecule has 0 bridgehead atoms. The van der Waals surface area contributed by atoms with Gasteiger partial charge in [0.1, 0.15) is 0 Å². The minimum absolute atomic E-state index is 0.0643. The first-order valence-corrected chi connectivity index (χ1v) is 5.87. The van der Waals surface area contributed by atoms with E-state index in [-0.39, 0.29) is 5.91 Å². The SMILES string of the molecule is CCNc1ccncc1C(=O)N1CCC(O)C1. The van der Waals surface area contributed by atoms with E-state index >= 15 is 0 Å². The predicted molar refractivity (Wildman–Crippen MR) is 64.9 cm³/mol. The van der Waals surface area contributed by atoms with Crippen LogP contribution in [0.2, 0.25) is 0 Å². The lowest BCUT2D eigenvalue weighted by atomic mass is 10.2. The number of anilines is 1. The number of amides is 1. The molecule has 1 aliphatic heterocycles. The van der Waals surface area contributed by atoms with Crippen molar-refractivity contribution in [3.8, 4) is 0 Å². The normalized spacial score (nSPS) is 19.4. The molecule has 1 amide bonds. The van der Waals surface area contributed by atoms with Crippen LogP contribution < -0.4 is 5.32 Å². The van der Waals surface area contributed by atoms with E-state index in [1.54, 1.807) is 23.4 Å². The zero-order valence-corrected chi connectivity index (χ0v) is 9.89. The van der Waals surface area contributed by atoms with Crippen molar-refractivity contribution >= 4 is 11.6 Å². The van der Waals surface area contributed by atoms with E-state index in [0.29, 0.717) is 25.1 Å². The Kier molecular flexibility index (Phi) is 3.58. The van der Waals surface area contributed by atoms with Crippen molar-refractivity contribution in [2.24, 2.45) is 0 Å². The van der Waals surface area contributed by atoms with E-state index in [2.05, 4.69) is 10.3 Å². The molecular weight excluding hydrogens is 218 g/mol. The Morgan fingerprint density at radius 2 is 2.53 bits per heavy atom. The summed E-state index contributed by atoms with van der Waals surface area (Å²) >= 11 is 0. The minimum atomic E-state index is -0.391. The van der Waals surface area contributed by atoms with Gasteiger partial charge in [-0.15, -0.1) is 0 Å². The number of aromatic nitrogens is 1. The Hall–Kier alpha value is -1.62. The van der Waals surface area contributed by atoms with E-state index in [1.165, 1.54) is 0 Å². The number of aliphatic hydroxyl groups excluding tert-OH is 1. The van der Waals surface area contributed by atoms with Gasteiger partial charge in [0.25, 0.3) is 5.91 Å². The van der Waals surface area contributed by atoms with Gasteiger partial charge >= 0.3 is 0 Å². The molecule has 0 spiro atoms. The molecule has 0 aromatic carbocycles. The van der Waals surface area contributed by atoms with Crippen LogP contribution in [0, 0.1) is 0 Å². The Morgan fingerprint density at radius 1 is 1.71 bits per heavy atom. The molecule has 1 saturated heterocycles. The van der Waals surface area contributed by atoms with Crippen LogP contribution in [0.25, 0.3) is 0 Å². The van der Waals surface area contributed by atoms with Crippen LogP contribution in [0.4, 0.5) is 5.69 Å². The van der Waals surface area contributed by atoms with Gasteiger partial charge in [0.05, 0.1) is 17.4 Å². The number of likely N-dealkylation sites (tertiary alicyclic amines) is 1. The van der Waals surface area contributed by atoms with E-state index in [9.17, 15) is 9.90 Å². The monoisotopic (exact) mass is 235 g/mol. The third kappa shape index (κ3) is 2.55. The first-order chi connectivity index (χ1) is 8.22. The molecule has 0 radical (unpaired) electrons. The quantitative estimate of drug-likeness (QED) is 0.810. The second-order valence-electron chi connectivity index (χ2n) is 4.15. The van der Waals surface area contributed by atoms with Crippen molar-refractivity contribution in [2.75, 3.05) is 25.0 Å². The molecule has 1 aromatic heterocycles. The Morgan fingerprint density at radius 3 is 3.18 bits per heavy atom. The molecule has 1 fully saturated rings. The summed E-state index contributed by atoms with van der Waals surface area (Å²) in [5.41, 5.74) is 1.37. The molecule has 5 nitrogen and oxygen atoms in total. The van der Waals surface area contributed by atoms with Crippen LogP contribution in [-0.4, -0.2) is 46.6 Å². The lowest BCUT2D eigenvalue weighted by Gasteiger charge is -2.17. The predicted octanol–water partition coefficient (Wildman–Crippen LogP) is 0.720. The topological polar surface area (TPSA) is 65.5 Å². The molecule has 2 N–H and O–H groups in total. The first kappa shape index (κ1) is 11.9. The van der Waals surface area contributed by atoms with Crippen molar-refractivity contribution in [3.63, 3.8) is 0 Å². The smallest absolute Gasteiger partial charge is 0.257 e. The highest BCUT2D eigenvalue weighted by molar-refractivity contribution is 5.99. The van der Waals surface area contributed by atoms with Gasteiger partial charge < -0.3 is 15.3 Å². The molecule has 1 atom stereocenters. The van der Waals surface area contributed by atoms with Crippen LogP contribution in [0.5, 0.6) is 0 Å². The highest BCUT2D eigenvalue weighted by Gasteiger charge is 2.26. The number of β-amino-alcohol motifs (C(OH)–C–C–N with tert-alkyl or cyclic N) is 1. The number of nitrogens with zero attached hydrogens (tertiary/aromatic N) is 2. The molecule has 1 unspecified atom stereocenters. The molecule has 1 aliphatic rings. The highest BCUT2D eigenvalue weighted by Crippen LogP contribution is 2.19. The number of hydrogen-bond acceptors (Lipinski definition) is 4. The molecule has 92 valence electrons. The second-order valence-corrected chi connectivity index (χ2v) is 4.15. The van der Waals surface area contributed by atoms with Crippen molar-refractivity contribution in [2.45, 2.75) is 19.4 Å². The van der Waals surface area contributed by atoms with Crippen LogP contribution in [-0.2, 0) is 0 Å². The summed E-state index contributed by atoms with van der Waals surface area (Å²) in [6, 6.07) is 1.79. The fraction of sp³-hybridized carbons (Fsp3) is 0.500. The van der Waals surface area contributed by atoms with E-state index in [4.69, 9.17) is 0 Å². The summed E-state index contributed by atoms with van der Waals surface area (Å²) in [5, 5.41) is 12.6. The van der Waals surface area contributed by atoms with Crippen molar-refractivity contribution < 1.29 is 9.90 Å². The van der Waals surface area contributed by atoms with E-state index in [1.807, 2.05) is 6.92 Å². The van der Waals surface area contributed by atoms with Gasteiger partial charge in [-0.1, -0.05) is 0 Å². The second kappa shape index (κ2) is 5.14.